The van der Waals surface area contributed by atoms with E-state index < -0.39 is 32.8 Å². The van der Waals surface area contributed by atoms with Crippen molar-refractivity contribution in [1.82, 2.24) is 0 Å². The van der Waals surface area contributed by atoms with Crippen LogP contribution in [0.4, 0.5) is 25.8 Å². The van der Waals surface area contributed by atoms with Crippen LogP contribution in [0.3, 0.4) is 0 Å². The SMILES string of the molecule is NC(=O)c1c(Nc2ccc(I)cc2F)cc(F)cc1Oc1ccccc1NS(=O)(=O)C1CC1. The predicted octanol–water partition coefficient (Wildman–Crippen LogP) is 5.11. The van der Waals surface area contributed by atoms with Gasteiger partial charge in [-0.15, -0.1) is 0 Å². The third-order valence-electron chi connectivity index (χ3n) is 4.84. The number of carbonyl (C=O) groups excluding carboxylic acids is 1. The van der Waals surface area contributed by atoms with Crippen LogP contribution >= 0.6 is 22.6 Å². The Labute approximate surface area is 202 Å². The predicted molar refractivity (Wildman–Crippen MR) is 129 cm³/mol. The van der Waals surface area contributed by atoms with Gasteiger partial charge in [-0.25, -0.2) is 17.2 Å². The first-order valence-electron chi connectivity index (χ1n) is 9.78. The Kier molecular flexibility index (Phi) is 6.43. The monoisotopic (exact) mass is 585 g/mol. The lowest BCUT2D eigenvalue weighted by molar-refractivity contribution is 0.0999. The Balaban J connectivity index is 1.72. The number of benzene rings is 3. The molecule has 3 aromatic carbocycles. The molecule has 1 aliphatic carbocycles. The summed E-state index contributed by atoms with van der Waals surface area (Å²) in [4.78, 5) is 12.3. The summed E-state index contributed by atoms with van der Waals surface area (Å²) in [5, 5.41) is 2.21. The molecule has 1 saturated carbocycles. The van der Waals surface area contributed by atoms with Crippen LogP contribution in [0.1, 0.15) is 23.2 Å². The average Bonchev–Trinajstić information content (AvgIpc) is 3.57. The van der Waals surface area contributed by atoms with E-state index in [1.807, 2.05) is 22.6 Å². The fourth-order valence-corrected chi connectivity index (χ4v) is 4.98. The number of carbonyl (C=O) groups is 1. The van der Waals surface area contributed by atoms with E-state index in [-0.39, 0.29) is 34.1 Å². The molecule has 0 aromatic heterocycles. The molecule has 11 heteroatoms. The number of rotatable bonds is 8. The molecule has 4 rings (SSSR count). The number of halogens is 3. The molecule has 172 valence electrons. The summed E-state index contributed by atoms with van der Waals surface area (Å²) in [6.45, 7) is 0. The topological polar surface area (TPSA) is 111 Å². The van der Waals surface area contributed by atoms with Gasteiger partial charge in [0.25, 0.3) is 5.91 Å². The van der Waals surface area contributed by atoms with Crippen molar-refractivity contribution >= 4 is 55.6 Å². The standard InChI is InChI=1S/C22H18F2IN3O4S/c23-12-9-18(27-16-8-5-13(25)11-15(16)24)21(22(26)29)20(10-12)32-19-4-2-1-3-17(19)28-33(30,31)14-6-7-14/h1-5,8-11,14,27-28H,6-7H2,(H2,26,29). The highest BCUT2D eigenvalue weighted by Crippen LogP contribution is 2.38. The summed E-state index contributed by atoms with van der Waals surface area (Å²) < 4.78 is 62.4. The summed E-state index contributed by atoms with van der Waals surface area (Å²) in [7, 11) is -3.60. The highest BCUT2D eigenvalue weighted by Gasteiger charge is 2.36. The summed E-state index contributed by atoms with van der Waals surface area (Å²) in [5.74, 6) is -2.55. The van der Waals surface area contributed by atoms with Gasteiger partial charge in [-0.05, 0) is 71.8 Å². The number of primary amides is 1. The highest BCUT2D eigenvalue weighted by atomic mass is 127. The summed E-state index contributed by atoms with van der Waals surface area (Å²) in [5.41, 5.74) is 5.34. The minimum absolute atomic E-state index is 0.00654. The van der Waals surface area contributed by atoms with E-state index in [2.05, 4.69) is 10.0 Å². The third kappa shape index (κ3) is 5.36. The van der Waals surface area contributed by atoms with Crippen molar-refractivity contribution in [3.8, 4) is 11.5 Å². The lowest BCUT2D eigenvalue weighted by Gasteiger charge is -2.17. The molecule has 1 amide bonds. The summed E-state index contributed by atoms with van der Waals surface area (Å²) in [6.07, 6.45) is 1.14. The van der Waals surface area contributed by atoms with Crippen molar-refractivity contribution < 1.29 is 26.7 Å². The van der Waals surface area contributed by atoms with Gasteiger partial charge in [0.1, 0.15) is 22.9 Å². The van der Waals surface area contributed by atoms with Gasteiger partial charge in [0.2, 0.25) is 10.0 Å². The minimum Gasteiger partial charge on any atom is -0.454 e. The van der Waals surface area contributed by atoms with Crippen molar-refractivity contribution in [2.75, 3.05) is 10.0 Å². The molecule has 0 aliphatic heterocycles. The van der Waals surface area contributed by atoms with Crippen molar-refractivity contribution in [1.29, 1.82) is 0 Å². The Morgan fingerprint density at radius 2 is 1.73 bits per heavy atom. The second-order valence-electron chi connectivity index (χ2n) is 7.38. The molecule has 0 bridgehead atoms. The molecule has 1 aliphatic rings. The minimum atomic E-state index is -3.60. The first-order valence-corrected chi connectivity index (χ1v) is 12.4. The molecule has 0 saturated heterocycles. The van der Waals surface area contributed by atoms with E-state index in [0.717, 1.165) is 12.1 Å². The molecule has 1 fully saturated rings. The highest BCUT2D eigenvalue weighted by molar-refractivity contribution is 14.1. The smallest absolute Gasteiger partial charge is 0.254 e. The number of para-hydroxylation sites is 2. The molecule has 7 nitrogen and oxygen atoms in total. The summed E-state index contributed by atoms with van der Waals surface area (Å²) >= 11 is 1.94. The fourth-order valence-electron chi connectivity index (χ4n) is 3.12. The molecular weight excluding hydrogens is 567 g/mol. The Morgan fingerprint density at radius 1 is 1.00 bits per heavy atom. The van der Waals surface area contributed by atoms with Gasteiger partial charge < -0.3 is 15.8 Å². The van der Waals surface area contributed by atoms with Crippen LogP contribution in [0.25, 0.3) is 0 Å². The summed E-state index contributed by atoms with van der Waals surface area (Å²) in [6, 6.07) is 12.4. The second-order valence-corrected chi connectivity index (χ2v) is 10.6. The first-order chi connectivity index (χ1) is 15.6. The number of ether oxygens (including phenoxy) is 1. The second kappa shape index (κ2) is 9.14. The molecule has 0 atom stereocenters. The van der Waals surface area contributed by atoms with E-state index in [9.17, 15) is 22.0 Å². The molecular formula is C22H18F2IN3O4S. The van der Waals surface area contributed by atoms with Crippen LogP contribution in [-0.4, -0.2) is 19.6 Å². The average molecular weight is 585 g/mol. The maximum absolute atomic E-state index is 14.4. The molecule has 3 aromatic rings. The molecule has 33 heavy (non-hydrogen) atoms. The van der Waals surface area contributed by atoms with E-state index in [1.165, 1.54) is 24.3 Å². The van der Waals surface area contributed by atoms with Crippen LogP contribution in [0, 0.1) is 15.2 Å². The molecule has 0 radical (unpaired) electrons. The van der Waals surface area contributed by atoms with Gasteiger partial charge in [0.15, 0.2) is 5.75 Å². The first kappa shape index (κ1) is 23.2. The van der Waals surface area contributed by atoms with Crippen LogP contribution < -0.4 is 20.5 Å². The maximum Gasteiger partial charge on any atom is 0.254 e. The normalized spacial score (nSPS) is 13.4. The van der Waals surface area contributed by atoms with Crippen molar-refractivity contribution in [3.05, 3.63) is 75.4 Å². The van der Waals surface area contributed by atoms with Gasteiger partial charge in [-0.1, -0.05) is 12.1 Å². The molecule has 0 spiro atoms. The largest absolute Gasteiger partial charge is 0.454 e. The fraction of sp³-hybridized carbons (Fsp3) is 0.136. The lowest BCUT2D eigenvalue weighted by Crippen LogP contribution is -2.18. The van der Waals surface area contributed by atoms with Gasteiger partial charge in [-0.3, -0.25) is 9.52 Å². The van der Waals surface area contributed by atoms with Crippen LogP contribution in [0.2, 0.25) is 0 Å². The number of nitrogens with two attached hydrogens (primary N) is 1. The number of hydrogen-bond acceptors (Lipinski definition) is 5. The van der Waals surface area contributed by atoms with Crippen molar-refractivity contribution in [2.24, 2.45) is 5.73 Å². The number of nitrogens with one attached hydrogen (secondary N) is 2. The molecule has 0 unspecified atom stereocenters. The van der Waals surface area contributed by atoms with Crippen molar-refractivity contribution in [2.45, 2.75) is 18.1 Å². The Bertz CT molecular complexity index is 1350. The quantitative estimate of drug-likeness (QED) is 0.319. The van der Waals surface area contributed by atoms with Gasteiger partial charge in [0, 0.05) is 9.64 Å². The lowest BCUT2D eigenvalue weighted by atomic mass is 10.1. The van der Waals surface area contributed by atoms with Gasteiger partial charge in [-0.2, -0.15) is 0 Å². The number of sulfonamides is 1. The van der Waals surface area contributed by atoms with E-state index in [0.29, 0.717) is 16.4 Å². The zero-order chi connectivity index (χ0) is 23.8. The third-order valence-corrected chi connectivity index (χ3v) is 7.36. The maximum atomic E-state index is 14.4. The van der Waals surface area contributed by atoms with Crippen molar-refractivity contribution in [3.63, 3.8) is 0 Å². The van der Waals surface area contributed by atoms with Gasteiger partial charge in [0.05, 0.1) is 22.3 Å². The Hall–Kier alpha value is -2.93. The molecule has 4 N–H and O–H groups in total. The van der Waals surface area contributed by atoms with Crippen LogP contribution in [-0.2, 0) is 10.0 Å². The van der Waals surface area contributed by atoms with Crippen LogP contribution in [0.5, 0.6) is 11.5 Å². The number of amides is 1. The zero-order valence-corrected chi connectivity index (χ0v) is 19.9. The van der Waals surface area contributed by atoms with Gasteiger partial charge >= 0.3 is 0 Å². The number of hydrogen-bond donors (Lipinski definition) is 3. The Morgan fingerprint density at radius 3 is 2.39 bits per heavy atom. The van der Waals surface area contributed by atoms with E-state index in [4.69, 9.17) is 10.5 Å². The van der Waals surface area contributed by atoms with Crippen LogP contribution in [0.15, 0.2) is 54.6 Å². The van der Waals surface area contributed by atoms with E-state index in [1.54, 1.807) is 18.2 Å². The zero-order valence-electron chi connectivity index (χ0n) is 16.9. The number of anilines is 3. The molecule has 0 heterocycles. The van der Waals surface area contributed by atoms with E-state index >= 15 is 0 Å².